The van der Waals surface area contributed by atoms with Crippen molar-refractivity contribution in [2.75, 3.05) is 13.7 Å². The minimum absolute atomic E-state index is 0.286. The first kappa shape index (κ1) is 27.0. The highest BCUT2D eigenvalue weighted by molar-refractivity contribution is 5.94. The molecule has 7 unspecified atom stereocenters. The van der Waals surface area contributed by atoms with Gasteiger partial charge in [-0.25, -0.2) is 9.59 Å². The Morgan fingerprint density at radius 2 is 1.95 bits per heavy atom. The Morgan fingerprint density at radius 1 is 1.18 bits per heavy atom. The second kappa shape index (κ2) is 9.89. The number of methoxy groups -OCH3 is 1. The Morgan fingerprint density at radius 3 is 2.61 bits per heavy atom. The Hall–Kier alpha value is -2.54. The minimum atomic E-state index is -1.65. The van der Waals surface area contributed by atoms with Gasteiger partial charge in [0.2, 0.25) is 0 Å². The summed E-state index contributed by atoms with van der Waals surface area (Å²) in [5, 5.41) is 40.8. The number of cyclic esters (lactones) is 1. The predicted molar refractivity (Wildman–Crippen MR) is 128 cm³/mol. The molecule has 0 spiro atoms. The number of furan rings is 1. The smallest absolute Gasteiger partial charge is 0.334 e. The first-order valence-electron chi connectivity index (χ1n) is 12.8. The zero-order valence-electron chi connectivity index (χ0n) is 21.5. The Balaban J connectivity index is 1.59. The maximum absolute atomic E-state index is 13.4. The van der Waals surface area contributed by atoms with Gasteiger partial charge in [0.1, 0.15) is 30.5 Å². The minimum Gasteiger partial charge on any atom is -0.472 e. The van der Waals surface area contributed by atoms with E-state index in [0.717, 1.165) is 5.56 Å². The van der Waals surface area contributed by atoms with Crippen LogP contribution in [-0.2, 0) is 28.5 Å². The zero-order chi connectivity index (χ0) is 27.4. The van der Waals surface area contributed by atoms with Crippen molar-refractivity contribution in [1.29, 1.82) is 0 Å². The highest BCUT2D eigenvalue weighted by Gasteiger charge is 2.63. The summed E-state index contributed by atoms with van der Waals surface area (Å²) in [5.74, 6) is -1.35. The van der Waals surface area contributed by atoms with E-state index in [0.29, 0.717) is 30.4 Å². The lowest BCUT2D eigenvalue weighted by atomic mass is 9.48. The summed E-state index contributed by atoms with van der Waals surface area (Å²) in [7, 11) is 1.29. The van der Waals surface area contributed by atoms with Crippen LogP contribution in [0.3, 0.4) is 0 Å². The molecular formula is C27H34O11. The SMILES string of the molecule is COC(=O)C1=CCC[C@H]2[C@]3(C)CC(c4ccoc4)OC(=O)C3=CC(OC3OC(CO)C(O)C(O)C3O)[C@@]12C. The molecule has 10 atom stereocenters. The van der Waals surface area contributed by atoms with Crippen LogP contribution in [0.25, 0.3) is 0 Å². The Kier molecular flexibility index (Phi) is 7.04. The second-order valence-corrected chi connectivity index (χ2v) is 10.9. The molecule has 5 rings (SSSR count). The standard InChI is InChI=1S/C27H34O11/c1-26-10-16(13-7-8-35-12-13)36-24(33)15(26)9-19(27(2)14(23(32)34-3)5-4-6-18(26)27)38-25-22(31)21(30)20(29)17(11-28)37-25/h5,7-9,12,16-22,25,28-31H,4,6,10-11H2,1-3H3/t16?,17?,18-,19?,20?,21?,22?,25?,26+,27-/m0/s1. The number of aliphatic hydroxyl groups excluding tert-OH is 4. The van der Waals surface area contributed by atoms with E-state index in [-0.39, 0.29) is 5.92 Å². The van der Waals surface area contributed by atoms with Crippen LogP contribution in [0.1, 0.15) is 44.8 Å². The van der Waals surface area contributed by atoms with Crippen LogP contribution >= 0.6 is 0 Å². The van der Waals surface area contributed by atoms with E-state index < -0.39 is 72.3 Å². The van der Waals surface area contributed by atoms with Gasteiger partial charge < -0.3 is 43.8 Å². The van der Waals surface area contributed by atoms with Gasteiger partial charge in [-0.2, -0.15) is 0 Å². The number of carbonyl (C=O) groups excluding carboxylic acids is 2. The second-order valence-electron chi connectivity index (χ2n) is 10.9. The van der Waals surface area contributed by atoms with Gasteiger partial charge >= 0.3 is 11.9 Å². The van der Waals surface area contributed by atoms with Crippen molar-refractivity contribution in [3.8, 4) is 0 Å². The van der Waals surface area contributed by atoms with E-state index in [1.165, 1.54) is 13.4 Å². The van der Waals surface area contributed by atoms with E-state index in [9.17, 15) is 30.0 Å². The fourth-order valence-corrected chi connectivity index (χ4v) is 6.87. The molecule has 0 radical (unpaired) electrons. The van der Waals surface area contributed by atoms with Gasteiger partial charge in [-0.3, -0.25) is 0 Å². The molecule has 4 N–H and O–H groups in total. The number of carbonyl (C=O) groups is 2. The molecule has 4 aliphatic rings. The molecule has 1 aromatic heterocycles. The van der Waals surface area contributed by atoms with Crippen LogP contribution in [0.4, 0.5) is 0 Å². The molecule has 2 aliphatic carbocycles. The number of fused-ring (bicyclic) bond motifs is 3. The monoisotopic (exact) mass is 534 g/mol. The first-order chi connectivity index (χ1) is 18.1. The summed E-state index contributed by atoms with van der Waals surface area (Å²) in [6.07, 6.45) is -0.890. The first-order valence-corrected chi connectivity index (χ1v) is 12.8. The van der Waals surface area contributed by atoms with Crippen molar-refractivity contribution in [1.82, 2.24) is 0 Å². The van der Waals surface area contributed by atoms with Crippen molar-refractivity contribution >= 4 is 11.9 Å². The number of rotatable bonds is 5. The van der Waals surface area contributed by atoms with Gasteiger partial charge in [0.25, 0.3) is 0 Å². The topological polar surface area (TPSA) is 165 Å². The molecule has 1 aromatic rings. The van der Waals surface area contributed by atoms with Gasteiger partial charge in [-0.1, -0.05) is 19.9 Å². The van der Waals surface area contributed by atoms with Gasteiger partial charge in [0.15, 0.2) is 6.29 Å². The van der Waals surface area contributed by atoms with Crippen LogP contribution < -0.4 is 0 Å². The Bertz CT molecular complexity index is 1120. The molecule has 38 heavy (non-hydrogen) atoms. The van der Waals surface area contributed by atoms with Crippen LogP contribution in [0.2, 0.25) is 0 Å². The number of aliphatic hydroxyl groups is 4. The van der Waals surface area contributed by atoms with E-state index >= 15 is 0 Å². The molecule has 0 saturated carbocycles. The number of hydrogen-bond acceptors (Lipinski definition) is 11. The van der Waals surface area contributed by atoms with Crippen molar-refractivity contribution in [2.24, 2.45) is 16.7 Å². The van der Waals surface area contributed by atoms with Crippen molar-refractivity contribution in [3.05, 3.63) is 47.5 Å². The van der Waals surface area contributed by atoms with Gasteiger partial charge in [-0.15, -0.1) is 0 Å². The fourth-order valence-electron chi connectivity index (χ4n) is 6.87. The molecule has 11 heteroatoms. The molecular weight excluding hydrogens is 500 g/mol. The predicted octanol–water partition coefficient (Wildman–Crippen LogP) is 0.915. The fraction of sp³-hybridized carbons (Fsp3) is 0.630. The van der Waals surface area contributed by atoms with E-state index in [1.54, 1.807) is 18.4 Å². The molecule has 3 heterocycles. The average Bonchev–Trinajstić information content (AvgIpc) is 3.44. The average molecular weight is 535 g/mol. The lowest BCUT2D eigenvalue weighted by molar-refractivity contribution is -0.317. The lowest BCUT2D eigenvalue weighted by Gasteiger charge is -2.58. The van der Waals surface area contributed by atoms with Gasteiger partial charge in [-0.05, 0) is 37.3 Å². The molecule has 2 saturated heterocycles. The van der Waals surface area contributed by atoms with Crippen LogP contribution in [0, 0.1) is 16.7 Å². The highest BCUT2D eigenvalue weighted by atomic mass is 16.7. The molecule has 11 nitrogen and oxygen atoms in total. The normalized spacial score (nSPS) is 42.8. The summed E-state index contributed by atoms with van der Waals surface area (Å²) < 4.78 is 28.0. The third-order valence-corrected chi connectivity index (χ3v) is 8.93. The van der Waals surface area contributed by atoms with Crippen LogP contribution in [0.15, 0.2) is 46.3 Å². The molecule has 0 amide bonds. The van der Waals surface area contributed by atoms with Crippen molar-refractivity contribution in [2.45, 2.75) is 76.0 Å². The summed E-state index contributed by atoms with van der Waals surface area (Å²) in [4.78, 5) is 26.5. The Labute approximate surface area is 219 Å². The van der Waals surface area contributed by atoms with Crippen molar-refractivity contribution in [3.63, 3.8) is 0 Å². The van der Waals surface area contributed by atoms with Gasteiger partial charge in [0, 0.05) is 27.5 Å². The van der Waals surface area contributed by atoms with E-state index in [4.69, 9.17) is 23.4 Å². The summed E-state index contributed by atoms with van der Waals surface area (Å²) in [5.41, 5.74) is -0.239. The number of hydrogen-bond donors (Lipinski definition) is 4. The maximum atomic E-state index is 13.4. The lowest BCUT2D eigenvalue weighted by Crippen LogP contribution is -2.62. The third kappa shape index (κ3) is 4.04. The largest absolute Gasteiger partial charge is 0.472 e. The zero-order valence-corrected chi connectivity index (χ0v) is 21.5. The molecule has 0 bridgehead atoms. The van der Waals surface area contributed by atoms with Crippen LogP contribution in [-0.4, -0.2) is 82.9 Å². The maximum Gasteiger partial charge on any atom is 0.334 e. The van der Waals surface area contributed by atoms with Crippen LogP contribution in [0.5, 0.6) is 0 Å². The summed E-state index contributed by atoms with van der Waals surface area (Å²) >= 11 is 0. The van der Waals surface area contributed by atoms with E-state index in [2.05, 4.69) is 0 Å². The quantitative estimate of drug-likeness (QED) is 0.397. The molecule has 2 fully saturated rings. The number of ether oxygens (including phenoxy) is 4. The highest BCUT2D eigenvalue weighted by Crippen LogP contribution is 2.63. The summed E-state index contributed by atoms with van der Waals surface area (Å²) in [6.45, 7) is 3.22. The van der Waals surface area contributed by atoms with Gasteiger partial charge in [0.05, 0.1) is 32.3 Å². The number of allylic oxidation sites excluding steroid dienone is 1. The molecule has 208 valence electrons. The molecule has 2 aliphatic heterocycles. The number of esters is 2. The molecule has 0 aromatic carbocycles. The van der Waals surface area contributed by atoms with Crippen molar-refractivity contribution < 1.29 is 53.4 Å². The summed E-state index contributed by atoms with van der Waals surface area (Å²) in [6, 6.07) is 1.75. The third-order valence-electron chi connectivity index (χ3n) is 8.93. The van der Waals surface area contributed by atoms with E-state index in [1.807, 2.05) is 19.9 Å².